The predicted molar refractivity (Wildman–Crippen MR) is 88.9 cm³/mol. The number of carbonyl (C=O) groups is 2. The van der Waals surface area contributed by atoms with Crippen LogP contribution < -0.4 is 5.32 Å². The van der Waals surface area contributed by atoms with Crippen molar-refractivity contribution in [3.8, 4) is 11.8 Å². The van der Waals surface area contributed by atoms with Gasteiger partial charge in [0, 0.05) is 17.1 Å². The first-order valence-electron chi connectivity index (χ1n) is 7.29. The maximum Gasteiger partial charge on any atom is 0.293 e. The topological polar surface area (TPSA) is 62.0 Å². The molecule has 5 heteroatoms. The second-order valence-electron chi connectivity index (χ2n) is 5.04. The van der Waals surface area contributed by atoms with Gasteiger partial charge >= 0.3 is 0 Å². The van der Waals surface area contributed by atoms with Gasteiger partial charge in [0.15, 0.2) is 0 Å². The molecule has 0 aliphatic heterocycles. The van der Waals surface area contributed by atoms with E-state index < -0.39 is 17.5 Å². The zero-order chi connectivity index (χ0) is 16.9. The first kappa shape index (κ1) is 15.5. The molecule has 0 unspecified atom stereocenters. The number of rotatable bonds is 3. The molecule has 0 aliphatic rings. The molecule has 0 fully saturated rings. The fourth-order valence-corrected chi connectivity index (χ4v) is 2.29. The lowest BCUT2D eigenvalue weighted by Gasteiger charge is -1.99. The lowest BCUT2D eigenvalue weighted by atomic mass is 10.1. The van der Waals surface area contributed by atoms with Crippen LogP contribution in [0.25, 0.3) is 10.9 Å². The summed E-state index contributed by atoms with van der Waals surface area (Å²) in [5, 5.41) is 3.12. The monoisotopic (exact) mass is 320 g/mol. The molecule has 0 radical (unpaired) electrons. The van der Waals surface area contributed by atoms with Gasteiger partial charge in [0.2, 0.25) is 0 Å². The van der Waals surface area contributed by atoms with Crippen molar-refractivity contribution in [2.75, 3.05) is 6.54 Å². The number of aromatic nitrogens is 1. The van der Waals surface area contributed by atoms with Gasteiger partial charge in [-0.05, 0) is 18.2 Å². The maximum absolute atomic E-state index is 13.4. The van der Waals surface area contributed by atoms with Crippen molar-refractivity contribution in [1.29, 1.82) is 0 Å². The van der Waals surface area contributed by atoms with E-state index in [0.29, 0.717) is 10.9 Å². The van der Waals surface area contributed by atoms with Gasteiger partial charge in [0.05, 0.1) is 17.7 Å². The highest BCUT2D eigenvalue weighted by molar-refractivity contribution is 6.45. The highest BCUT2D eigenvalue weighted by Gasteiger charge is 2.18. The third-order valence-corrected chi connectivity index (χ3v) is 3.47. The summed E-state index contributed by atoms with van der Waals surface area (Å²) in [5.41, 5.74) is 1.34. The number of nitrogens with one attached hydrogen (secondary N) is 2. The molecule has 0 spiro atoms. The summed E-state index contributed by atoms with van der Waals surface area (Å²) in [5.74, 6) is 3.43. The first-order valence-corrected chi connectivity index (χ1v) is 7.29. The van der Waals surface area contributed by atoms with E-state index >= 15 is 0 Å². The Balaban J connectivity index is 1.66. The number of para-hydroxylation sites is 1. The van der Waals surface area contributed by atoms with Crippen molar-refractivity contribution in [3.63, 3.8) is 0 Å². The Morgan fingerprint density at radius 1 is 1.08 bits per heavy atom. The van der Waals surface area contributed by atoms with Crippen molar-refractivity contribution in [2.45, 2.75) is 0 Å². The zero-order valence-corrected chi connectivity index (χ0v) is 12.6. The minimum atomic E-state index is -0.748. The van der Waals surface area contributed by atoms with Gasteiger partial charge in [-0.3, -0.25) is 9.59 Å². The van der Waals surface area contributed by atoms with Crippen LogP contribution in [0.2, 0.25) is 0 Å². The van der Waals surface area contributed by atoms with Crippen molar-refractivity contribution < 1.29 is 14.0 Å². The van der Waals surface area contributed by atoms with Crippen LogP contribution in [0.3, 0.4) is 0 Å². The highest BCUT2D eigenvalue weighted by atomic mass is 19.1. The number of aromatic amines is 1. The number of amides is 1. The van der Waals surface area contributed by atoms with Crippen LogP contribution in [0, 0.1) is 17.7 Å². The molecule has 0 bridgehead atoms. The summed E-state index contributed by atoms with van der Waals surface area (Å²) in [6.45, 7) is -0.0404. The molecule has 3 rings (SSSR count). The molecule has 2 aromatic carbocycles. The minimum absolute atomic E-state index is 0.0404. The molecular weight excluding hydrogens is 307 g/mol. The quantitative estimate of drug-likeness (QED) is 0.443. The fraction of sp³-hybridized carbons (Fsp3) is 0.0526. The van der Waals surface area contributed by atoms with E-state index in [0.717, 1.165) is 5.52 Å². The zero-order valence-electron chi connectivity index (χ0n) is 12.6. The average molecular weight is 320 g/mol. The van der Waals surface area contributed by atoms with Gasteiger partial charge in [-0.15, -0.1) is 0 Å². The fourth-order valence-electron chi connectivity index (χ4n) is 2.29. The largest absolute Gasteiger partial charge is 0.360 e. The summed E-state index contributed by atoms with van der Waals surface area (Å²) >= 11 is 0. The van der Waals surface area contributed by atoms with Gasteiger partial charge in [0.1, 0.15) is 5.82 Å². The van der Waals surface area contributed by atoms with E-state index in [-0.39, 0.29) is 12.1 Å². The molecule has 1 heterocycles. The summed E-state index contributed by atoms with van der Waals surface area (Å²) < 4.78 is 13.4. The Bertz CT molecular complexity index is 979. The SMILES string of the molecule is O=C(NCC#Cc1ccccc1F)C(=O)c1c[nH]c2ccccc12. The first-order chi connectivity index (χ1) is 11.7. The number of H-pyrrole nitrogens is 1. The number of halogens is 1. The Kier molecular flexibility index (Phi) is 4.39. The van der Waals surface area contributed by atoms with Crippen molar-refractivity contribution in [2.24, 2.45) is 0 Å². The van der Waals surface area contributed by atoms with Crippen molar-refractivity contribution in [3.05, 3.63) is 71.7 Å². The van der Waals surface area contributed by atoms with E-state index in [2.05, 4.69) is 22.1 Å². The van der Waals surface area contributed by atoms with Crippen LogP contribution >= 0.6 is 0 Å². The molecule has 1 amide bonds. The summed E-state index contributed by atoms with van der Waals surface area (Å²) in [7, 11) is 0. The predicted octanol–water partition coefficient (Wildman–Crippen LogP) is 2.66. The Morgan fingerprint density at radius 2 is 1.83 bits per heavy atom. The molecule has 0 saturated heterocycles. The molecule has 0 aliphatic carbocycles. The van der Waals surface area contributed by atoms with Crippen molar-refractivity contribution >= 4 is 22.6 Å². The summed E-state index contributed by atoms with van der Waals surface area (Å²) in [4.78, 5) is 27.1. The van der Waals surface area contributed by atoms with E-state index in [1.165, 1.54) is 12.3 Å². The van der Waals surface area contributed by atoms with Crippen LogP contribution in [-0.2, 0) is 4.79 Å². The smallest absolute Gasteiger partial charge is 0.293 e. The van der Waals surface area contributed by atoms with Crippen LogP contribution in [-0.4, -0.2) is 23.2 Å². The average Bonchev–Trinajstić information content (AvgIpc) is 3.03. The van der Waals surface area contributed by atoms with Crippen molar-refractivity contribution in [1.82, 2.24) is 10.3 Å². The number of ketones is 1. The second-order valence-corrected chi connectivity index (χ2v) is 5.04. The van der Waals surface area contributed by atoms with Crippen LogP contribution in [0.15, 0.2) is 54.7 Å². The van der Waals surface area contributed by atoms with E-state index in [1.54, 1.807) is 30.3 Å². The van der Waals surface area contributed by atoms with Gasteiger partial charge in [-0.25, -0.2) is 4.39 Å². The Hall–Kier alpha value is -3.39. The molecule has 1 aromatic heterocycles. The van der Waals surface area contributed by atoms with Gasteiger partial charge in [-0.1, -0.05) is 42.2 Å². The standard InChI is InChI=1S/C19H13FN2O2/c20-16-9-3-1-6-13(16)7-5-11-21-19(24)18(23)15-12-22-17-10-4-2-8-14(15)17/h1-4,6,8-10,12,22H,11H2,(H,21,24). The van der Waals surface area contributed by atoms with E-state index in [9.17, 15) is 14.0 Å². The number of hydrogen-bond acceptors (Lipinski definition) is 2. The van der Waals surface area contributed by atoms with Crippen LogP contribution in [0.4, 0.5) is 4.39 Å². The summed E-state index contributed by atoms with van der Waals surface area (Å²) in [6, 6.07) is 13.3. The third-order valence-electron chi connectivity index (χ3n) is 3.47. The van der Waals surface area contributed by atoms with Crippen LogP contribution in [0.1, 0.15) is 15.9 Å². The van der Waals surface area contributed by atoms with E-state index in [4.69, 9.17) is 0 Å². The molecule has 118 valence electrons. The molecule has 0 saturated carbocycles. The second kappa shape index (κ2) is 6.80. The van der Waals surface area contributed by atoms with Crippen LogP contribution in [0.5, 0.6) is 0 Å². The molecule has 2 N–H and O–H groups in total. The number of carbonyl (C=O) groups excluding carboxylic acids is 2. The normalized spacial score (nSPS) is 10.0. The maximum atomic E-state index is 13.4. The lowest BCUT2D eigenvalue weighted by Crippen LogP contribution is -2.31. The number of hydrogen-bond donors (Lipinski definition) is 2. The Labute approximate surface area is 137 Å². The van der Waals surface area contributed by atoms with E-state index in [1.807, 2.05) is 12.1 Å². The molecule has 3 aromatic rings. The van der Waals surface area contributed by atoms with Gasteiger partial charge in [0.25, 0.3) is 11.7 Å². The number of benzene rings is 2. The lowest BCUT2D eigenvalue weighted by molar-refractivity contribution is -0.116. The molecule has 4 nitrogen and oxygen atoms in total. The number of Topliss-reactive ketones (excluding diaryl/α,β-unsaturated/α-hetero) is 1. The summed E-state index contributed by atoms with van der Waals surface area (Å²) in [6.07, 6.45) is 1.51. The Morgan fingerprint density at radius 3 is 2.67 bits per heavy atom. The molecule has 0 atom stereocenters. The number of fused-ring (bicyclic) bond motifs is 1. The minimum Gasteiger partial charge on any atom is -0.360 e. The van der Waals surface area contributed by atoms with Gasteiger partial charge in [-0.2, -0.15) is 0 Å². The van der Waals surface area contributed by atoms with Gasteiger partial charge < -0.3 is 10.3 Å². The highest BCUT2D eigenvalue weighted by Crippen LogP contribution is 2.17. The molecule has 24 heavy (non-hydrogen) atoms. The molecular formula is C19H13FN2O2. The third kappa shape index (κ3) is 3.18.